The Hall–Kier alpha value is -4.44. The fraction of sp³-hybridized carbons (Fsp3) is 0.143. The summed E-state index contributed by atoms with van der Waals surface area (Å²) < 4.78 is 17.1. The minimum Gasteiger partial charge on any atom is -0.484 e. The Labute approximate surface area is 224 Å². The topological polar surface area (TPSA) is 129 Å². The number of nitrogens with zero attached hydrogens (tertiary/aromatic N) is 1. The third-order valence-electron chi connectivity index (χ3n) is 6.07. The molecular formula is C28H21BrN2O7. The lowest BCUT2D eigenvalue weighted by Gasteiger charge is -2.25. The van der Waals surface area contributed by atoms with E-state index in [1.807, 2.05) is 0 Å². The Morgan fingerprint density at radius 1 is 1.03 bits per heavy atom. The standard InChI is InChI=1S/C28H21BrN2O7/c1-2-36-28(35)16-3-8-18(9-4-16)31-24(15-5-10-19(11-6-15)37-14-22(30)32)23-25(33)20-13-17(29)7-12-21(20)38-26(23)27(31)34/h3-13,24H,2,14H2,1H3,(H2,30,32). The molecule has 0 aliphatic carbocycles. The van der Waals surface area contributed by atoms with E-state index in [1.165, 1.54) is 4.90 Å². The molecule has 10 heteroatoms. The minimum atomic E-state index is -0.823. The zero-order valence-corrected chi connectivity index (χ0v) is 21.7. The van der Waals surface area contributed by atoms with Gasteiger partial charge in [0.15, 0.2) is 12.0 Å². The van der Waals surface area contributed by atoms with E-state index in [0.717, 1.165) is 0 Å². The van der Waals surface area contributed by atoms with Crippen LogP contribution in [0.25, 0.3) is 11.0 Å². The Kier molecular flexibility index (Phi) is 6.73. The van der Waals surface area contributed by atoms with Crippen LogP contribution in [0.5, 0.6) is 5.75 Å². The molecule has 1 unspecified atom stereocenters. The zero-order valence-electron chi connectivity index (χ0n) is 20.1. The van der Waals surface area contributed by atoms with Crippen molar-refractivity contribution in [3.8, 4) is 5.75 Å². The Bertz CT molecular complexity index is 1630. The van der Waals surface area contributed by atoms with Crippen molar-refractivity contribution in [1.29, 1.82) is 0 Å². The summed E-state index contributed by atoms with van der Waals surface area (Å²) in [4.78, 5) is 52.1. The van der Waals surface area contributed by atoms with Crippen molar-refractivity contribution in [1.82, 2.24) is 0 Å². The first-order valence-corrected chi connectivity index (χ1v) is 12.5. The Balaban J connectivity index is 1.64. The van der Waals surface area contributed by atoms with Crippen LogP contribution in [0, 0.1) is 0 Å². The monoisotopic (exact) mass is 576 g/mol. The number of anilines is 1. The van der Waals surface area contributed by atoms with Crippen molar-refractivity contribution in [3.63, 3.8) is 0 Å². The predicted molar refractivity (Wildman–Crippen MR) is 142 cm³/mol. The van der Waals surface area contributed by atoms with Gasteiger partial charge in [-0.1, -0.05) is 28.1 Å². The van der Waals surface area contributed by atoms with Crippen molar-refractivity contribution < 1.29 is 28.3 Å². The van der Waals surface area contributed by atoms with Crippen LogP contribution in [0.15, 0.2) is 80.4 Å². The normalized spacial score (nSPS) is 14.4. The molecule has 3 aromatic carbocycles. The molecule has 2 heterocycles. The highest BCUT2D eigenvalue weighted by Gasteiger charge is 2.43. The number of rotatable bonds is 7. The fourth-order valence-corrected chi connectivity index (χ4v) is 4.76. The zero-order chi connectivity index (χ0) is 27.0. The summed E-state index contributed by atoms with van der Waals surface area (Å²) in [6, 6.07) is 17.2. The molecule has 0 saturated carbocycles. The van der Waals surface area contributed by atoms with Crippen molar-refractivity contribution >= 4 is 50.4 Å². The average molecular weight is 577 g/mol. The van der Waals surface area contributed by atoms with E-state index in [1.54, 1.807) is 73.7 Å². The molecule has 38 heavy (non-hydrogen) atoms. The van der Waals surface area contributed by atoms with Gasteiger partial charge < -0.3 is 19.6 Å². The molecule has 5 rings (SSSR count). The number of carbonyl (C=O) groups is 3. The van der Waals surface area contributed by atoms with Gasteiger partial charge in [0.2, 0.25) is 5.76 Å². The lowest BCUT2D eigenvalue weighted by Crippen LogP contribution is -2.29. The number of esters is 1. The molecule has 2 amide bonds. The molecule has 192 valence electrons. The van der Waals surface area contributed by atoms with E-state index >= 15 is 0 Å². The lowest BCUT2D eigenvalue weighted by atomic mass is 9.98. The number of hydrogen-bond acceptors (Lipinski definition) is 7. The van der Waals surface area contributed by atoms with Gasteiger partial charge in [0, 0.05) is 10.2 Å². The summed E-state index contributed by atoms with van der Waals surface area (Å²) in [5.74, 6) is -1.25. The number of amides is 2. The first kappa shape index (κ1) is 25.2. The van der Waals surface area contributed by atoms with Gasteiger partial charge in [0.05, 0.1) is 29.2 Å². The van der Waals surface area contributed by atoms with E-state index in [4.69, 9.17) is 19.6 Å². The van der Waals surface area contributed by atoms with Crippen LogP contribution < -0.4 is 20.8 Å². The number of ether oxygens (including phenoxy) is 2. The van der Waals surface area contributed by atoms with Crippen LogP contribution in [-0.4, -0.2) is 31.0 Å². The predicted octanol–water partition coefficient (Wildman–Crippen LogP) is 4.35. The highest BCUT2D eigenvalue weighted by Crippen LogP contribution is 2.41. The second-order valence-electron chi connectivity index (χ2n) is 8.48. The number of fused-ring (bicyclic) bond motifs is 2. The maximum Gasteiger partial charge on any atom is 0.338 e. The molecule has 0 bridgehead atoms. The van der Waals surface area contributed by atoms with Crippen LogP contribution in [-0.2, 0) is 9.53 Å². The number of nitrogens with two attached hydrogens (primary N) is 1. The van der Waals surface area contributed by atoms with Gasteiger partial charge >= 0.3 is 5.97 Å². The quantitative estimate of drug-likeness (QED) is 0.324. The molecule has 0 radical (unpaired) electrons. The summed E-state index contributed by atoms with van der Waals surface area (Å²) in [5.41, 5.74) is 6.70. The van der Waals surface area contributed by atoms with Crippen molar-refractivity contribution in [2.45, 2.75) is 13.0 Å². The second kappa shape index (κ2) is 10.1. The third-order valence-corrected chi connectivity index (χ3v) is 6.56. The molecule has 1 aromatic heterocycles. The SMILES string of the molecule is CCOC(=O)c1ccc(N2C(=O)c3oc4ccc(Br)cc4c(=O)c3C2c2ccc(OCC(N)=O)cc2)cc1. The van der Waals surface area contributed by atoms with Crippen LogP contribution in [0.4, 0.5) is 5.69 Å². The van der Waals surface area contributed by atoms with Gasteiger partial charge in [-0.15, -0.1) is 0 Å². The molecule has 2 N–H and O–H groups in total. The van der Waals surface area contributed by atoms with E-state index in [0.29, 0.717) is 38.0 Å². The number of halogens is 1. The largest absolute Gasteiger partial charge is 0.484 e. The van der Waals surface area contributed by atoms with E-state index < -0.39 is 23.8 Å². The number of primary amides is 1. The van der Waals surface area contributed by atoms with Crippen molar-refractivity contribution in [3.05, 3.63) is 104 Å². The van der Waals surface area contributed by atoms with E-state index in [2.05, 4.69) is 15.9 Å². The molecule has 1 atom stereocenters. The Morgan fingerprint density at radius 3 is 2.39 bits per heavy atom. The summed E-state index contributed by atoms with van der Waals surface area (Å²) >= 11 is 3.39. The van der Waals surface area contributed by atoms with Gasteiger partial charge in [-0.3, -0.25) is 19.3 Å². The first-order chi connectivity index (χ1) is 18.3. The smallest absolute Gasteiger partial charge is 0.338 e. The number of hydrogen-bond donors (Lipinski definition) is 1. The summed E-state index contributed by atoms with van der Waals surface area (Å²) in [5, 5.41) is 0.330. The highest BCUT2D eigenvalue weighted by atomic mass is 79.9. The third kappa shape index (κ3) is 4.54. The minimum absolute atomic E-state index is 0.0571. The number of benzene rings is 3. The summed E-state index contributed by atoms with van der Waals surface area (Å²) in [7, 11) is 0. The van der Waals surface area contributed by atoms with Crippen LogP contribution >= 0.6 is 15.9 Å². The summed E-state index contributed by atoms with van der Waals surface area (Å²) in [6.45, 7) is 1.67. The van der Waals surface area contributed by atoms with Crippen LogP contribution in [0.3, 0.4) is 0 Å². The van der Waals surface area contributed by atoms with Crippen LogP contribution in [0.2, 0.25) is 0 Å². The van der Waals surface area contributed by atoms with E-state index in [9.17, 15) is 19.2 Å². The van der Waals surface area contributed by atoms with Gasteiger partial charge in [-0.25, -0.2) is 4.79 Å². The lowest BCUT2D eigenvalue weighted by molar-refractivity contribution is -0.119. The molecule has 0 fully saturated rings. The van der Waals surface area contributed by atoms with Crippen molar-refractivity contribution in [2.75, 3.05) is 18.1 Å². The second-order valence-corrected chi connectivity index (χ2v) is 9.40. The molecular weight excluding hydrogens is 556 g/mol. The van der Waals surface area contributed by atoms with Gasteiger partial charge in [-0.05, 0) is 67.1 Å². The maximum atomic E-state index is 13.7. The first-order valence-electron chi connectivity index (χ1n) is 11.7. The fourth-order valence-electron chi connectivity index (χ4n) is 4.40. The molecule has 9 nitrogen and oxygen atoms in total. The molecule has 0 saturated heterocycles. The average Bonchev–Trinajstić information content (AvgIpc) is 3.20. The van der Waals surface area contributed by atoms with Gasteiger partial charge in [-0.2, -0.15) is 0 Å². The molecule has 1 aliphatic heterocycles. The van der Waals surface area contributed by atoms with Crippen molar-refractivity contribution in [2.24, 2.45) is 5.73 Å². The Morgan fingerprint density at radius 2 is 1.74 bits per heavy atom. The van der Waals surface area contributed by atoms with Gasteiger partial charge in [0.25, 0.3) is 11.8 Å². The maximum absolute atomic E-state index is 13.7. The highest BCUT2D eigenvalue weighted by molar-refractivity contribution is 9.10. The van der Waals surface area contributed by atoms with E-state index in [-0.39, 0.29) is 30.0 Å². The molecule has 0 spiro atoms. The molecule has 1 aliphatic rings. The molecule has 4 aromatic rings. The van der Waals surface area contributed by atoms with Gasteiger partial charge in [0.1, 0.15) is 11.3 Å². The summed E-state index contributed by atoms with van der Waals surface area (Å²) in [6.07, 6.45) is 0. The van der Waals surface area contributed by atoms with Crippen LogP contribution in [0.1, 0.15) is 45.0 Å². The number of carbonyl (C=O) groups excluding carboxylic acids is 3.